The second-order valence-corrected chi connectivity index (χ2v) is 6.71. The number of likely N-dealkylation sites (tertiary alicyclic amines) is 1. The van der Waals surface area contributed by atoms with Crippen LogP contribution >= 0.6 is 0 Å². The molecule has 0 radical (unpaired) electrons. The second kappa shape index (κ2) is 7.03. The third-order valence-corrected chi connectivity index (χ3v) is 4.66. The zero-order valence-corrected chi connectivity index (χ0v) is 13.5. The van der Waals surface area contributed by atoms with Crippen molar-refractivity contribution in [2.45, 2.75) is 39.2 Å². The van der Waals surface area contributed by atoms with E-state index in [9.17, 15) is 0 Å². The van der Waals surface area contributed by atoms with Crippen LogP contribution in [0.2, 0.25) is 0 Å². The van der Waals surface area contributed by atoms with Gasteiger partial charge in [0.2, 0.25) is 0 Å². The summed E-state index contributed by atoms with van der Waals surface area (Å²) >= 11 is 0. The molecule has 0 atom stereocenters. The molecule has 2 N–H and O–H groups in total. The number of nitrogens with zero attached hydrogens (tertiary/aromatic N) is 2. The average Bonchev–Trinajstić information content (AvgIpc) is 3.36. The molecule has 0 spiro atoms. The van der Waals surface area contributed by atoms with Crippen molar-refractivity contribution < 1.29 is 4.74 Å². The van der Waals surface area contributed by atoms with Gasteiger partial charge in [0.1, 0.15) is 5.75 Å². The van der Waals surface area contributed by atoms with Crippen LogP contribution in [0.4, 0.5) is 0 Å². The predicted molar refractivity (Wildman–Crippen MR) is 90.0 cm³/mol. The fourth-order valence-electron chi connectivity index (χ4n) is 2.77. The topological polar surface area (TPSA) is 50.8 Å². The van der Waals surface area contributed by atoms with E-state index in [1.54, 1.807) is 0 Å². The van der Waals surface area contributed by atoms with Crippen molar-refractivity contribution in [1.82, 2.24) is 4.90 Å². The van der Waals surface area contributed by atoms with E-state index in [0.717, 1.165) is 42.8 Å². The van der Waals surface area contributed by atoms with Gasteiger partial charge >= 0.3 is 0 Å². The molecule has 3 rings (SSSR count). The molecule has 1 aliphatic heterocycles. The van der Waals surface area contributed by atoms with E-state index in [0.29, 0.717) is 12.5 Å². The van der Waals surface area contributed by atoms with Crippen LogP contribution in [0.15, 0.2) is 29.3 Å². The van der Waals surface area contributed by atoms with Crippen molar-refractivity contribution in [2.24, 2.45) is 22.6 Å². The maximum atomic E-state index is 6.16. The van der Waals surface area contributed by atoms with Gasteiger partial charge in [-0.1, -0.05) is 25.1 Å². The molecule has 2 aliphatic rings. The van der Waals surface area contributed by atoms with E-state index in [2.05, 4.69) is 22.9 Å². The van der Waals surface area contributed by atoms with Crippen LogP contribution in [0.3, 0.4) is 0 Å². The van der Waals surface area contributed by atoms with Gasteiger partial charge in [-0.2, -0.15) is 0 Å². The Kier molecular flexibility index (Phi) is 4.86. The minimum Gasteiger partial charge on any atom is -0.493 e. The first-order valence-electron chi connectivity index (χ1n) is 8.48. The largest absolute Gasteiger partial charge is 0.493 e. The van der Waals surface area contributed by atoms with Crippen LogP contribution in [0.25, 0.3) is 0 Å². The maximum absolute atomic E-state index is 6.16. The summed E-state index contributed by atoms with van der Waals surface area (Å²) in [7, 11) is 0. The SMILES string of the molecule is CC1CCN(C(N)=NCc2ccccc2OCC2CC2)CC1. The molecule has 1 aromatic rings. The molecular weight excluding hydrogens is 274 g/mol. The number of rotatable bonds is 5. The standard InChI is InChI=1S/C18H27N3O/c1-14-8-10-21(11-9-14)18(19)20-12-16-4-2-3-5-17(16)22-13-15-6-7-15/h2-5,14-15H,6-13H2,1H3,(H2,19,20). The zero-order valence-electron chi connectivity index (χ0n) is 13.5. The highest BCUT2D eigenvalue weighted by molar-refractivity contribution is 5.78. The number of nitrogens with two attached hydrogens (primary N) is 1. The molecular formula is C18H27N3O. The van der Waals surface area contributed by atoms with Crippen LogP contribution in [0, 0.1) is 11.8 Å². The second-order valence-electron chi connectivity index (χ2n) is 6.71. The lowest BCUT2D eigenvalue weighted by atomic mass is 10.00. The molecule has 0 amide bonds. The Balaban J connectivity index is 1.58. The number of hydrogen-bond donors (Lipinski definition) is 1. The predicted octanol–water partition coefficient (Wildman–Crippen LogP) is 3.02. The lowest BCUT2D eigenvalue weighted by molar-refractivity contribution is 0.277. The van der Waals surface area contributed by atoms with Crippen LogP contribution < -0.4 is 10.5 Å². The van der Waals surface area contributed by atoms with Gasteiger partial charge in [0.15, 0.2) is 5.96 Å². The first kappa shape index (κ1) is 15.2. The van der Waals surface area contributed by atoms with Crippen LogP contribution in [0.1, 0.15) is 38.2 Å². The number of ether oxygens (including phenoxy) is 1. The molecule has 0 bridgehead atoms. The summed E-state index contributed by atoms with van der Waals surface area (Å²) in [5.74, 6) is 3.19. The summed E-state index contributed by atoms with van der Waals surface area (Å²) in [6.45, 7) is 5.78. The van der Waals surface area contributed by atoms with Gasteiger partial charge < -0.3 is 15.4 Å². The molecule has 1 heterocycles. The van der Waals surface area contributed by atoms with Crippen LogP contribution in [-0.2, 0) is 6.54 Å². The van der Waals surface area contributed by atoms with E-state index in [4.69, 9.17) is 10.5 Å². The number of piperidine rings is 1. The van der Waals surface area contributed by atoms with Gasteiger partial charge in [-0.15, -0.1) is 0 Å². The first-order chi connectivity index (χ1) is 10.7. The van der Waals surface area contributed by atoms with Gasteiger partial charge in [0.25, 0.3) is 0 Å². The Hall–Kier alpha value is -1.71. The summed E-state index contributed by atoms with van der Waals surface area (Å²) in [6, 6.07) is 8.17. The maximum Gasteiger partial charge on any atom is 0.191 e. The number of para-hydroxylation sites is 1. The number of aliphatic imine (C=N–C) groups is 1. The van der Waals surface area contributed by atoms with E-state index >= 15 is 0 Å². The highest BCUT2D eigenvalue weighted by Gasteiger charge is 2.22. The molecule has 4 heteroatoms. The highest BCUT2D eigenvalue weighted by Crippen LogP contribution is 2.30. The Morgan fingerprint density at radius 1 is 1.23 bits per heavy atom. The average molecular weight is 301 g/mol. The number of hydrogen-bond acceptors (Lipinski definition) is 2. The quantitative estimate of drug-likeness (QED) is 0.672. The van der Waals surface area contributed by atoms with Gasteiger partial charge in [-0.25, -0.2) is 4.99 Å². The fourth-order valence-corrected chi connectivity index (χ4v) is 2.77. The Labute approximate surface area is 133 Å². The fraction of sp³-hybridized carbons (Fsp3) is 0.611. The minimum absolute atomic E-state index is 0.596. The van der Waals surface area contributed by atoms with Gasteiger partial charge in [0.05, 0.1) is 13.2 Å². The monoisotopic (exact) mass is 301 g/mol. The number of guanidine groups is 1. The van der Waals surface area contributed by atoms with Crippen molar-refractivity contribution >= 4 is 5.96 Å². The third kappa shape index (κ3) is 4.15. The summed E-state index contributed by atoms with van der Waals surface area (Å²) in [5.41, 5.74) is 7.28. The lowest BCUT2D eigenvalue weighted by Crippen LogP contribution is -2.42. The normalized spacial score (nSPS) is 20.2. The molecule has 1 aromatic carbocycles. The van der Waals surface area contributed by atoms with Gasteiger partial charge in [-0.3, -0.25) is 0 Å². The third-order valence-electron chi connectivity index (χ3n) is 4.66. The van der Waals surface area contributed by atoms with Crippen LogP contribution in [0.5, 0.6) is 5.75 Å². The Bertz CT molecular complexity index is 517. The van der Waals surface area contributed by atoms with E-state index in [1.165, 1.54) is 25.7 Å². The molecule has 1 saturated carbocycles. The van der Waals surface area contributed by atoms with Gasteiger partial charge in [0, 0.05) is 18.7 Å². The summed E-state index contributed by atoms with van der Waals surface area (Å²) in [5, 5.41) is 0. The summed E-state index contributed by atoms with van der Waals surface area (Å²) in [6.07, 6.45) is 5.02. The lowest BCUT2D eigenvalue weighted by Gasteiger charge is -2.31. The first-order valence-corrected chi connectivity index (χ1v) is 8.48. The summed E-state index contributed by atoms with van der Waals surface area (Å²) in [4.78, 5) is 6.79. The summed E-state index contributed by atoms with van der Waals surface area (Å²) < 4.78 is 5.93. The van der Waals surface area contributed by atoms with Gasteiger partial charge in [-0.05, 0) is 43.6 Å². The Morgan fingerprint density at radius 2 is 1.95 bits per heavy atom. The van der Waals surface area contributed by atoms with E-state index in [-0.39, 0.29) is 0 Å². The molecule has 0 aromatic heterocycles. The van der Waals surface area contributed by atoms with Crippen molar-refractivity contribution in [3.05, 3.63) is 29.8 Å². The molecule has 0 unspecified atom stereocenters. The number of benzene rings is 1. The van der Waals surface area contributed by atoms with Crippen molar-refractivity contribution in [3.63, 3.8) is 0 Å². The smallest absolute Gasteiger partial charge is 0.191 e. The van der Waals surface area contributed by atoms with Crippen molar-refractivity contribution in [3.8, 4) is 5.75 Å². The van der Waals surface area contributed by atoms with Crippen LogP contribution in [-0.4, -0.2) is 30.6 Å². The zero-order chi connectivity index (χ0) is 15.4. The van der Waals surface area contributed by atoms with Crippen molar-refractivity contribution in [1.29, 1.82) is 0 Å². The highest BCUT2D eigenvalue weighted by atomic mass is 16.5. The molecule has 120 valence electrons. The molecule has 1 aliphatic carbocycles. The van der Waals surface area contributed by atoms with Crippen molar-refractivity contribution in [2.75, 3.05) is 19.7 Å². The minimum atomic E-state index is 0.596. The van der Waals surface area contributed by atoms with E-state index < -0.39 is 0 Å². The van der Waals surface area contributed by atoms with E-state index in [1.807, 2.05) is 18.2 Å². The molecule has 1 saturated heterocycles. The molecule has 2 fully saturated rings. The molecule has 22 heavy (non-hydrogen) atoms. The Morgan fingerprint density at radius 3 is 2.68 bits per heavy atom. The molecule has 4 nitrogen and oxygen atoms in total.